The third kappa shape index (κ3) is 5.54. The van der Waals surface area contributed by atoms with E-state index < -0.39 is 10.0 Å². The van der Waals surface area contributed by atoms with Gasteiger partial charge in [0, 0.05) is 25.9 Å². The van der Waals surface area contributed by atoms with Gasteiger partial charge in [-0.15, -0.1) is 0 Å². The lowest BCUT2D eigenvalue weighted by Crippen LogP contribution is -2.25. The number of aryl methyl sites for hydroxylation is 1. The zero-order valence-corrected chi connectivity index (χ0v) is 17.1. The maximum Gasteiger partial charge on any atom is 0.244 e. The van der Waals surface area contributed by atoms with Crippen molar-refractivity contribution in [3.8, 4) is 11.5 Å². The Kier molecular flexibility index (Phi) is 6.98. The summed E-state index contributed by atoms with van der Waals surface area (Å²) in [6.45, 7) is 6.31. The molecule has 1 N–H and O–H groups in total. The quantitative estimate of drug-likeness (QED) is 0.696. The van der Waals surface area contributed by atoms with Crippen LogP contribution in [0.15, 0.2) is 29.2 Å². The lowest BCUT2D eigenvalue weighted by atomic mass is 10.3. The molecule has 0 bridgehead atoms. The first-order chi connectivity index (χ1) is 12.8. The summed E-state index contributed by atoms with van der Waals surface area (Å²) in [6, 6.07) is 6.50. The molecule has 0 aliphatic heterocycles. The minimum atomic E-state index is -3.83. The monoisotopic (exact) mass is 394 g/mol. The van der Waals surface area contributed by atoms with Gasteiger partial charge in [0.05, 0.1) is 25.5 Å². The Morgan fingerprint density at radius 3 is 2.41 bits per heavy atom. The molecule has 0 radical (unpaired) electrons. The van der Waals surface area contributed by atoms with Crippen molar-refractivity contribution in [3.63, 3.8) is 0 Å². The molecule has 0 unspecified atom stereocenters. The van der Waals surface area contributed by atoms with Crippen LogP contribution in [-0.4, -0.2) is 45.7 Å². The second-order valence-corrected chi connectivity index (χ2v) is 7.73. The molecular weight excluding hydrogens is 368 g/mol. The molecule has 148 valence electrons. The highest BCUT2D eigenvalue weighted by atomic mass is 32.2. The van der Waals surface area contributed by atoms with Crippen LogP contribution in [-0.2, 0) is 16.6 Å². The minimum absolute atomic E-state index is 0.0360. The second-order valence-electron chi connectivity index (χ2n) is 5.99. The van der Waals surface area contributed by atoms with Crippen LogP contribution in [0.4, 0.5) is 5.95 Å². The van der Waals surface area contributed by atoms with E-state index in [1.54, 1.807) is 30.0 Å². The lowest BCUT2D eigenvalue weighted by molar-refractivity contribution is 0.322. The van der Waals surface area contributed by atoms with Gasteiger partial charge in [-0.05, 0) is 39.0 Å². The van der Waals surface area contributed by atoms with Crippen molar-refractivity contribution in [2.75, 3.05) is 32.2 Å². The number of nitrogens with zero attached hydrogens (tertiary/aromatic N) is 3. The average molecular weight is 394 g/mol. The van der Waals surface area contributed by atoms with Gasteiger partial charge in [-0.2, -0.15) is 0 Å². The molecule has 0 fully saturated rings. The van der Waals surface area contributed by atoms with E-state index in [2.05, 4.69) is 14.7 Å². The number of aromatic nitrogens is 2. The van der Waals surface area contributed by atoms with Crippen molar-refractivity contribution in [2.45, 2.75) is 32.2 Å². The molecule has 8 nitrogen and oxygen atoms in total. The largest absolute Gasteiger partial charge is 0.494 e. The molecule has 2 aromatic rings. The van der Waals surface area contributed by atoms with E-state index in [-0.39, 0.29) is 17.2 Å². The van der Waals surface area contributed by atoms with Crippen LogP contribution < -0.4 is 19.1 Å². The number of benzene rings is 1. The topological polar surface area (TPSA) is 93.6 Å². The van der Waals surface area contributed by atoms with Crippen LogP contribution in [0.25, 0.3) is 0 Å². The fourth-order valence-electron chi connectivity index (χ4n) is 2.38. The highest BCUT2D eigenvalue weighted by molar-refractivity contribution is 7.89. The van der Waals surface area contributed by atoms with Crippen LogP contribution >= 0.6 is 0 Å². The average Bonchev–Trinajstić information content (AvgIpc) is 2.61. The predicted octanol–water partition coefficient (Wildman–Crippen LogP) is 2.13. The van der Waals surface area contributed by atoms with Crippen molar-refractivity contribution in [2.24, 2.45) is 0 Å². The van der Waals surface area contributed by atoms with Gasteiger partial charge in [-0.3, -0.25) is 0 Å². The van der Waals surface area contributed by atoms with Gasteiger partial charge in [0.2, 0.25) is 16.0 Å². The number of ether oxygens (including phenoxy) is 2. The molecule has 0 aliphatic carbocycles. The van der Waals surface area contributed by atoms with Crippen molar-refractivity contribution < 1.29 is 17.9 Å². The first-order valence-corrected chi connectivity index (χ1v) is 10.2. The van der Waals surface area contributed by atoms with Gasteiger partial charge in [0.15, 0.2) is 0 Å². The Bertz CT molecular complexity index is 885. The number of hydrogen-bond acceptors (Lipinski definition) is 7. The molecule has 1 aromatic carbocycles. The molecule has 9 heteroatoms. The van der Waals surface area contributed by atoms with Crippen molar-refractivity contribution in [1.29, 1.82) is 0 Å². The Labute approximate surface area is 160 Å². The summed E-state index contributed by atoms with van der Waals surface area (Å²) in [6.07, 6.45) is 0. The van der Waals surface area contributed by atoms with Crippen LogP contribution in [0.5, 0.6) is 11.5 Å². The van der Waals surface area contributed by atoms with E-state index >= 15 is 0 Å². The van der Waals surface area contributed by atoms with Crippen LogP contribution in [0.3, 0.4) is 0 Å². The molecule has 0 atom stereocenters. The predicted molar refractivity (Wildman–Crippen MR) is 104 cm³/mol. The molecule has 0 amide bonds. The smallest absolute Gasteiger partial charge is 0.244 e. The zero-order valence-electron chi connectivity index (χ0n) is 16.3. The van der Waals surface area contributed by atoms with E-state index in [0.717, 1.165) is 5.69 Å². The highest BCUT2D eigenvalue weighted by Crippen LogP contribution is 2.28. The maximum atomic E-state index is 12.9. The molecule has 0 saturated carbocycles. The minimum Gasteiger partial charge on any atom is -0.494 e. The summed E-state index contributed by atoms with van der Waals surface area (Å²) in [5, 5.41) is 0. The standard InChI is InChI=1S/C18H26N4O4S/c1-6-25-15-8-9-16(26-7-2)17(11-15)27(23,24)19-12-14-10-13(3)20-18(21-14)22(4)5/h8-11,19H,6-7,12H2,1-5H3. The Hall–Kier alpha value is -2.39. The number of nitrogens with one attached hydrogen (secondary N) is 1. The molecule has 1 aromatic heterocycles. The second kappa shape index (κ2) is 9.01. The first kappa shape index (κ1) is 20.9. The van der Waals surface area contributed by atoms with Crippen molar-refractivity contribution in [1.82, 2.24) is 14.7 Å². The third-order valence-corrected chi connectivity index (χ3v) is 4.98. The van der Waals surface area contributed by atoms with Gasteiger partial charge in [-0.25, -0.2) is 23.1 Å². The lowest BCUT2D eigenvalue weighted by Gasteiger charge is -2.15. The van der Waals surface area contributed by atoms with E-state index in [0.29, 0.717) is 30.6 Å². The van der Waals surface area contributed by atoms with Gasteiger partial charge in [0.25, 0.3) is 0 Å². The normalized spacial score (nSPS) is 11.3. The molecule has 0 spiro atoms. The van der Waals surface area contributed by atoms with E-state index in [9.17, 15) is 8.42 Å². The molecule has 0 saturated heterocycles. The molecule has 2 rings (SSSR count). The summed E-state index contributed by atoms with van der Waals surface area (Å²) >= 11 is 0. The Morgan fingerprint density at radius 1 is 1.07 bits per heavy atom. The van der Waals surface area contributed by atoms with Gasteiger partial charge >= 0.3 is 0 Å². The zero-order chi connectivity index (χ0) is 20.0. The number of rotatable bonds is 9. The van der Waals surface area contributed by atoms with Gasteiger partial charge < -0.3 is 14.4 Å². The number of hydrogen-bond donors (Lipinski definition) is 1. The summed E-state index contributed by atoms with van der Waals surface area (Å²) in [5.74, 6) is 1.27. The summed E-state index contributed by atoms with van der Waals surface area (Å²) in [5.41, 5.74) is 1.34. The SMILES string of the molecule is CCOc1ccc(OCC)c(S(=O)(=O)NCc2cc(C)nc(N(C)C)n2)c1. The van der Waals surface area contributed by atoms with Crippen molar-refractivity contribution in [3.05, 3.63) is 35.7 Å². The van der Waals surface area contributed by atoms with Crippen LogP contribution in [0, 0.1) is 6.92 Å². The Morgan fingerprint density at radius 2 is 1.78 bits per heavy atom. The highest BCUT2D eigenvalue weighted by Gasteiger charge is 2.21. The first-order valence-electron chi connectivity index (χ1n) is 8.68. The van der Waals surface area contributed by atoms with E-state index in [1.165, 1.54) is 6.07 Å². The molecule has 1 heterocycles. The van der Waals surface area contributed by atoms with Gasteiger partial charge in [0.1, 0.15) is 16.4 Å². The van der Waals surface area contributed by atoms with Crippen molar-refractivity contribution >= 4 is 16.0 Å². The van der Waals surface area contributed by atoms with Crippen LogP contribution in [0.2, 0.25) is 0 Å². The molecule has 27 heavy (non-hydrogen) atoms. The fourth-order valence-corrected chi connectivity index (χ4v) is 3.54. The van der Waals surface area contributed by atoms with E-state index in [4.69, 9.17) is 9.47 Å². The van der Waals surface area contributed by atoms with Gasteiger partial charge in [-0.1, -0.05) is 0 Å². The fraction of sp³-hybridized carbons (Fsp3) is 0.444. The Balaban J connectivity index is 2.29. The van der Waals surface area contributed by atoms with E-state index in [1.807, 2.05) is 27.9 Å². The molecular formula is C18H26N4O4S. The van der Waals surface area contributed by atoms with Crippen LogP contribution in [0.1, 0.15) is 25.2 Å². The number of anilines is 1. The third-order valence-electron chi connectivity index (χ3n) is 3.55. The summed E-state index contributed by atoms with van der Waals surface area (Å²) in [7, 11) is -0.168. The summed E-state index contributed by atoms with van der Waals surface area (Å²) in [4.78, 5) is 10.5. The summed E-state index contributed by atoms with van der Waals surface area (Å²) < 4.78 is 39.2. The maximum absolute atomic E-state index is 12.9. The number of sulfonamides is 1. The molecule has 0 aliphatic rings.